The van der Waals surface area contributed by atoms with E-state index >= 15 is 0 Å². The molecule has 2 atom stereocenters. The Morgan fingerprint density at radius 3 is 2.03 bits per heavy atom. The molecule has 0 aliphatic heterocycles. The fourth-order valence-corrected chi connectivity index (χ4v) is 3.60. The number of amides is 2. The third kappa shape index (κ3) is 4.79. The van der Waals surface area contributed by atoms with E-state index in [2.05, 4.69) is 0 Å². The van der Waals surface area contributed by atoms with Gasteiger partial charge in [0.1, 0.15) is 6.61 Å². The average Bonchev–Trinajstić information content (AvgIpc) is 3.08. The molecule has 7 nitrogen and oxygen atoms in total. The highest BCUT2D eigenvalue weighted by Gasteiger charge is 2.58. The number of benzene rings is 2. The van der Waals surface area contributed by atoms with Gasteiger partial charge in [-0.25, -0.2) is 4.79 Å². The van der Waals surface area contributed by atoms with Crippen LogP contribution in [0.2, 0.25) is 0 Å². The maximum atomic E-state index is 13.7. The lowest BCUT2D eigenvalue weighted by molar-refractivity contribution is -0.194. The number of aliphatic carboxylic acids is 1. The fourth-order valence-electron chi connectivity index (χ4n) is 3.60. The van der Waals surface area contributed by atoms with E-state index in [4.69, 9.17) is 9.84 Å². The Balaban J connectivity index is 1.72. The predicted octanol–water partition coefficient (Wildman–Crippen LogP) is 3.68. The monoisotopic (exact) mass is 464 g/mol. The SMILES string of the molecule is CC(CNC(=O)C(C)(NC(=O)OCC1c2ccccc2-c2ccccc21)C(F)(F)F)C(=O)O. The Kier molecular flexibility index (Phi) is 6.66. The number of carboxylic acid groups (broad SMARTS) is 1. The molecule has 1 aliphatic carbocycles. The van der Waals surface area contributed by atoms with Crippen molar-refractivity contribution in [3.8, 4) is 11.1 Å². The van der Waals surface area contributed by atoms with Crippen LogP contribution in [0.5, 0.6) is 0 Å². The van der Waals surface area contributed by atoms with Crippen LogP contribution in [0.3, 0.4) is 0 Å². The molecule has 0 spiro atoms. The highest BCUT2D eigenvalue weighted by Crippen LogP contribution is 2.44. The topological polar surface area (TPSA) is 105 Å². The molecule has 176 valence electrons. The third-order valence-electron chi connectivity index (χ3n) is 5.71. The number of hydrogen-bond donors (Lipinski definition) is 3. The van der Waals surface area contributed by atoms with Crippen LogP contribution in [0, 0.1) is 5.92 Å². The molecule has 2 aromatic carbocycles. The second kappa shape index (κ2) is 9.13. The van der Waals surface area contributed by atoms with Crippen LogP contribution in [-0.4, -0.2) is 47.9 Å². The van der Waals surface area contributed by atoms with E-state index in [1.54, 1.807) is 5.32 Å². The zero-order valence-corrected chi connectivity index (χ0v) is 17.9. The number of carbonyl (C=O) groups excluding carboxylic acids is 2. The Morgan fingerprint density at radius 1 is 1.03 bits per heavy atom. The molecule has 1 aliphatic rings. The van der Waals surface area contributed by atoms with Crippen molar-refractivity contribution in [2.75, 3.05) is 13.2 Å². The van der Waals surface area contributed by atoms with Crippen molar-refractivity contribution in [2.24, 2.45) is 5.92 Å². The molecule has 3 rings (SSSR count). The summed E-state index contributed by atoms with van der Waals surface area (Å²) in [6, 6.07) is 14.9. The molecule has 0 saturated heterocycles. The van der Waals surface area contributed by atoms with Gasteiger partial charge in [-0.3, -0.25) is 14.9 Å². The number of fused-ring (bicyclic) bond motifs is 3. The number of halogens is 3. The summed E-state index contributed by atoms with van der Waals surface area (Å²) in [5.74, 6) is -4.35. The van der Waals surface area contributed by atoms with Crippen molar-refractivity contribution in [1.82, 2.24) is 10.6 Å². The van der Waals surface area contributed by atoms with Crippen LogP contribution >= 0.6 is 0 Å². The lowest BCUT2D eigenvalue weighted by atomic mass is 9.98. The molecule has 0 saturated carbocycles. The number of carboxylic acids is 1. The maximum Gasteiger partial charge on any atom is 0.420 e. The van der Waals surface area contributed by atoms with Crippen molar-refractivity contribution in [3.05, 3.63) is 59.7 Å². The van der Waals surface area contributed by atoms with Crippen molar-refractivity contribution >= 4 is 18.0 Å². The number of alkyl halides is 3. The minimum Gasteiger partial charge on any atom is -0.481 e. The first-order chi connectivity index (χ1) is 15.5. The zero-order chi connectivity index (χ0) is 24.4. The average molecular weight is 464 g/mol. The van der Waals surface area contributed by atoms with Crippen LogP contribution in [0.15, 0.2) is 48.5 Å². The number of nitrogens with one attached hydrogen (secondary N) is 2. The van der Waals surface area contributed by atoms with E-state index in [0.717, 1.165) is 22.3 Å². The van der Waals surface area contributed by atoms with Crippen molar-refractivity contribution in [2.45, 2.75) is 31.5 Å². The van der Waals surface area contributed by atoms with Gasteiger partial charge in [0, 0.05) is 12.5 Å². The minimum absolute atomic E-state index is 0.231. The standard InChI is InChI=1S/C23H23F3N2O5/c1-13(19(29)30)11-27-20(31)22(2,23(24,25)26)28-21(32)33-12-18-16-9-5-3-7-14(16)15-8-4-6-10-17(15)18/h3-10,13,18H,11-12H2,1-2H3,(H,27,31)(H,28,32)(H,29,30). The largest absolute Gasteiger partial charge is 0.481 e. The van der Waals surface area contributed by atoms with E-state index in [0.29, 0.717) is 6.92 Å². The van der Waals surface area contributed by atoms with Crippen LogP contribution in [0.1, 0.15) is 30.9 Å². The van der Waals surface area contributed by atoms with E-state index in [9.17, 15) is 27.6 Å². The van der Waals surface area contributed by atoms with Gasteiger partial charge in [-0.15, -0.1) is 0 Å². The number of hydrogen-bond acceptors (Lipinski definition) is 4. The maximum absolute atomic E-state index is 13.7. The van der Waals surface area contributed by atoms with Gasteiger partial charge in [-0.2, -0.15) is 13.2 Å². The summed E-state index contributed by atoms with van der Waals surface area (Å²) in [6.45, 7) is 0.958. The second-order valence-electron chi connectivity index (χ2n) is 8.02. The Bertz CT molecular complexity index is 1030. The lowest BCUT2D eigenvalue weighted by Gasteiger charge is -2.31. The molecule has 0 radical (unpaired) electrons. The lowest BCUT2D eigenvalue weighted by Crippen LogP contribution is -2.65. The Morgan fingerprint density at radius 2 is 1.55 bits per heavy atom. The van der Waals surface area contributed by atoms with Crippen molar-refractivity contribution < 1.29 is 37.4 Å². The van der Waals surface area contributed by atoms with Gasteiger partial charge in [0.05, 0.1) is 5.92 Å². The van der Waals surface area contributed by atoms with E-state index < -0.39 is 42.1 Å². The van der Waals surface area contributed by atoms with Crippen molar-refractivity contribution in [1.29, 1.82) is 0 Å². The molecular formula is C23H23F3N2O5. The molecule has 2 aromatic rings. The van der Waals surface area contributed by atoms with Crippen LogP contribution < -0.4 is 10.6 Å². The van der Waals surface area contributed by atoms with Crippen LogP contribution in [0.4, 0.5) is 18.0 Å². The van der Waals surface area contributed by atoms with Gasteiger partial charge in [-0.1, -0.05) is 55.5 Å². The predicted molar refractivity (Wildman–Crippen MR) is 112 cm³/mol. The molecular weight excluding hydrogens is 441 g/mol. The minimum atomic E-state index is -5.16. The van der Waals surface area contributed by atoms with Gasteiger partial charge in [0.25, 0.3) is 5.91 Å². The molecule has 33 heavy (non-hydrogen) atoms. The summed E-state index contributed by atoms with van der Waals surface area (Å²) in [5, 5.41) is 12.4. The molecule has 10 heteroatoms. The summed E-state index contributed by atoms with van der Waals surface area (Å²) in [7, 11) is 0. The highest BCUT2D eigenvalue weighted by molar-refractivity contribution is 5.91. The van der Waals surface area contributed by atoms with Crippen LogP contribution in [0.25, 0.3) is 11.1 Å². The Labute approximate surface area is 187 Å². The normalized spacial score (nSPS) is 15.5. The van der Waals surface area contributed by atoms with Gasteiger partial charge in [-0.05, 0) is 29.2 Å². The van der Waals surface area contributed by atoms with Crippen molar-refractivity contribution in [3.63, 3.8) is 0 Å². The van der Waals surface area contributed by atoms with E-state index in [-0.39, 0.29) is 12.5 Å². The van der Waals surface area contributed by atoms with E-state index in [1.807, 2.05) is 53.8 Å². The molecule has 2 amide bonds. The molecule has 0 aromatic heterocycles. The zero-order valence-electron chi connectivity index (χ0n) is 17.9. The number of alkyl carbamates (subject to hydrolysis) is 1. The summed E-state index contributed by atoms with van der Waals surface area (Å²) in [6.07, 6.45) is -6.58. The summed E-state index contributed by atoms with van der Waals surface area (Å²) in [5.41, 5.74) is 0.354. The third-order valence-corrected chi connectivity index (χ3v) is 5.71. The molecule has 0 bridgehead atoms. The molecule has 0 fully saturated rings. The summed E-state index contributed by atoms with van der Waals surface area (Å²) < 4.78 is 46.2. The first-order valence-corrected chi connectivity index (χ1v) is 10.2. The summed E-state index contributed by atoms with van der Waals surface area (Å²) in [4.78, 5) is 35.5. The first kappa shape index (κ1) is 24.1. The smallest absolute Gasteiger partial charge is 0.420 e. The Hall–Kier alpha value is -3.56. The van der Waals surface area contributed by atoms with Gasteiger partial charge >= 0.3 is 18.2 Å². The van der Waals surface area contributed by atoms with Gasteiger partial charge < -0.3 is 15.2 Å². The molecule has 3 N–H and O–H groups in total. The number of rotatable bonds is 7. The van der Waals surface area contributed by atoms with Gasteiger partial charge in [0.2, 0.25) is 5.54 Å². The number of carbonyl (C=O) groups is 3. The molecule has 0 heterocycles. The van der Waals surface area contributed by atoms with E-state index in [1.165, 1.54) is 6.92 Å². The van der Waals surface area contributed by atoms with Gasteiger partial charge in [0.15, 0.2) is 0 Å². The fraction of sp³-hybridized carbons (Fsp3) is 0.348. The number of ether oxygens (including phenoxy) is 1. The first-order valence-electron chi connectivity index (χ1n) is 10.2. The van der Waals surface area contributed by atoms with Crippen LogP contribution in [-0.2, 0) is 14.3 Å². The second-order valence-corrected chi connectivity index (χ2v) is 8.02. The molecule has 2 unspecified atom stereocenters. The quantitative estimate of drug-likeness (QED) is 0.580. The highest BCUT2D eigenvalue weighted by atomic mass is 19.4. The summed E-state index contributed by atoms with van der Waals surface area (Å²) >= 11 is 0.